The summed E-state index contributed by atoms with van der Waals surface area (Å²) in [5.41, 5.74) is 2.42. The molecule has 0 aliphatic carbocycles. The first kappa shape index (κ1) is 22.3. The molecule has 0 saturated carbocycles. The van der Waals surface area contributed by atoms with Crippen LogP contribution in [0.4, 0.5) is 5.69 Å². The fourth-order valence-electron chi connectivity index (χ4n) is 2.46. The van der Waals surface area contributed by atoms with Gasteiger partial charge in [0.15, 0.2) is 0 Å². The Morgan fingerprint density at radius 1 is 1.19 bits per heavy atom. The number of carbonyl (C=O) groups is 1. The van der Waals surface area contributed by atoms with Gasteiger partial charge < -0.3 is 15.2 Å². The van der Waals surface area contributed by atoms with E-state index in [0.29, 0.717) is 22.2 Å². The standard InChI is InChI=1S/C19H19Br2Cl2NO3/c1-10(2)24-16-8-13(22)7-12(18(16)23)9-27-19-14(20)5-11(6-15(19)21)3-4-17(25)26/h5-8,10,24H,3-4,9H2,1-2H3,(H,25,26). The molecule has 0 amide bonds. The van der Waals surface area contributed by atoms with Crippen molar-refractivity contribution in [3.8, 4) is 5.75 Å². The third-order valence-electron chi connectivity index (χ3n) is 3.61. The Bertz CT molecular complexity index is 821. The van der Waals surface area contributed by atoms with Crippen LogP contribution in [-0.2, 0) is 17.8 Å². The lowest BCUT2D eigenvalue weighted by molar-refractivity contribution is -0.136. The van der Waals surface area contributed by atoms with E-state index in [0.717, 1.165) is 25.8 Å². The van der Waals surface area contributed by atoms with E-state index >= 15 is 0 Å². The summed E-state index contributed by atoms with van der Waals surface area (Å²) >= 11 is 19.7. The lowest BCUT2D eigenvalue weighted by atomic mass is 10.1. The zero-order valence-electron chi connectivity index (χ0n) is 14.8. The molecule has 0 aromatic heterocycles. The van der Waals surface area contributed by atoms with Crippen LogP contribution in [0.25, 0.3) is 0 Å². The summed E-state index contributed by atoms with van der Waals surface area (Å²) in [6.45, 7) is 4.28. The van der Waals surface area contributed by atoms with Crippen LogP contribution in [0.1, 0.15) is 31.4 Å². The lowest BCUT2D eigenvalue weighted by Gasteiger charge is -2.17. The number of aliphatic carboxylic acids is 1. The molecule has 27 heavy (non-hydrogen) atoms. The monoisotopic (exact) mass is 537 g/mol. The van der Waals surface area contributed by atoms with Crippen molar-refractivity contribution in [1.29, 1.82) is 0 Å². The Hall–Kier alpha value is -0.950. The molecule has 8 heteroatoms. The van der Waals surface area contributed by atoms with Gasteiger partial charge in [-0.2, -0.15) is 0 Å². The van der Waals surface area contributed by atoms with Crippen LogP contribution in [0.2, 0.25) is 10.0 Å². The van der Waals surface area contributed by atoms with Gasteiger partial charge in [0.25, 0.3) is 0 Å². The summed E-state index contributed by atoms with van der Waals surface area (Å²) in [7, 11) is 0. The van der Waals surface area contributed by atoms with E-state index in [4.69, 9.17) is 33.0 Å². The van der Waals surface area contributed by atoms with E-state index in [2.05, 4.69) is 37.2 Å². The van der Waals surface area contributed by atoms with Crippen LogP contribution >= 0.6 is 55.1 Å². The average Bonchev–Trinajstić information content (AvgIpc) is 2.55. The predicted molar refractivity (Wildman–Crippen MR) is 117 cm³/mol. The van der Waals surface area contributed by atoms with Gasteiger partial charge in [0, 0.05) is 23.0 Å². The van der Waals surface area contributed by atoms with Gasteiger partial charge in [0.1, 0.15) is 12.4 Å². The smallest absolute Gasteiger partial charge is 0.303 e. The normalized spacial score (nSPS) is 10.9. The molecule has 0 bridgehead atoms. The van der Waals surface area contributed by atoms with Crippen LogP contribution in [0.15, 0.2) is 33.2 Å². The maximum absolute atomic E-state index is 10.7. The van der Waals surface area contributed by atoms with Crippen LogP contribution < -0.4 is 10.1 Å². The molecule has 2 N–H and O–H groups in total. The number of anilines is 1. The number of nitrogens with one attached hydrogen (secondary N) is 1. The van der Waals surface area contributed by atoms with Crippen molar-refractivity contribution < 1.29 is 14.6 Å². The number of rotatable bonds is 8. The third kappa shape index (κ3) is 6.56. The molecule has 146 valence electrons. The van der Waals surface area contributed by atoms with E-state index in [9.17, 15) is 4.79 Å². The van der Waals surface area contributed by atoms with E-state index < -0.39 is 5.97 Å². The fourth-order valence-corrected chi connectivity index (χ4v) is 4.43. The summed E-state index contributed by atoms with van der Waals surface area (Å²) < 4.78 is 7.41. The SMILES string of the molecule is CC(C)Nc1cc(Cl)cc(COc2c(Br)cc(CCC(=O)O)cc2Br)c1Cl. The Morgan fingerprint density at radius 3 is 2.37 bits per heavy atom. The molecule has 0 heterocycles. The summed E-state index contributed by atoms with van der Waals surface area (Å²) in [4.78, 5) is 10.7. The number of aryl methyl sites for hydroxylation is 1. The molecule has 0 spiro atoms. The van der Waals surface area contributed by atoms with E-state index in [-0.39, 0.29) is 19.1 Å². The summed E-state index contributed by atoms with van der Waals surface area (Å²) in [5, 5.41) is 13.2. The first-order valence-corrected chi connectivity index (χ1v) is 10.6. The van der Waals surface area contributed by atoms with Gasteiger partial charge in [0.05, 0.1) is 19.7 Å². The number of hydrogen-bond acceptors (Lipinski definition) is 3. The van der Waals surface area contributed by atoms with E-state index in [1.165, 1.54) is 0 Å². The van der Waals surface area contributed by atoms with E-state index in [1.807, 2.05) is 26.0 Å². The Kier molecular flexibility index (Phi) is 8.28. The largest absolute Gasteiger partial charge is 0.486 e. The van der Waals surface area contributed by atoms with Crippen LogP contribution in [0.3, 0.4) is 0 Å². The molecule has 2 aromatic carbocycles. The van der Waals surface area contributed by atoms with Gasteiger partial charge in [-0.1, -0.05) is 23.2 Å². The minimum atomic E-state index is -0.830. The number of hydrogen-bond donors (Lipinski definition) is 2. The van der Waals surface area contributed by atoms with Gasteiger partial charge in [-0.15, -0.1) is 0 Å². The molecule has 0 radical (unpaired) electrons. The van der Waals surface area contributed by atoms with Crippen LogP contribution in [0, 0.1) is 0 Å². The maximum Gasteiger partial charge on any atom is 0.303 e. The predicted octanol–water partition coefficient (Wildman–Crippen LogP) is 6.93. The Balaban J connectivity index is 2.19. The van der Waals surface area contributed by atoms with Gasteiger partial charge in [0.2, 0.25) is 0 Å². The summed E-state index contributed by atoms with van der Waals surface area (Å²) in [6.07, 6.45) is 0.514. The van der Waals surface area contributed by atoms with Gasteiger partial charge in [-0.05, 0) is 82.0 Å². The molecule has 2 aromatic rings. The van der Waals surface area contributed by atoms with Crippen molar-refractivity contribution in [3.05, 3.63) is 54.4 Å². The second-order valence-corrected chi connectivity index (χ2v) is 8.82. The molecule has 0 atom stereocenters. The first-order chi connectivity index (χ1) is 12.7. The summed E-state index contributed by atoms with van der Waals surface area (Å²) in [6, 6.07) is 7.49. The van der Waals surface area contributed by atoms with Gasteiger partial charge in [-0.25, -0.2) is 0 Å². The van der Waals surface area contributed by atoms with Crippen molar-refractivity contribution in [3.63, 3.8) is 0 Å². The van der Waals surface area contributed by atoms with Crippen LogP contribution in [0.5, 0.6) is 5.75 Å². The van der Waals surface area contributed by atoms with Crippen molar-refractivity contribution in [2.24, 2.45) is 0 Å². The molecule has 0 saturated heterocycles. The van der Waals surface area contributed by atoms with Gasteiger partial charge in [-0.3, -0.25) is 4.79 Å². The molecule has 0 unspecified atom stereocenters. The second-order valence-electron chi connectivity index (χ2n) is 6.30. The van der Waals surface area contributed by atoms with Gasteiger partial charge >= 0.3 is 5.97 Å². The third-order valence-corrected chi connectivity index (χ3v) is 5.46. The number of carboxylic acid groups (broad SMARTS) is 1. The zero-order valence-corrected chi connectivity index (χ0v) is 19.5. The second kappa shape index (κ2) is 10.0. The lowest BCUT2D eigenvalue weighted by Crippen LogP contribution is -2.11. The molecular formula is C19H19Br2Cl2NO3. The molecule has 0 aliphatic rings. The Morgan fingerprint density at radius 2 is 1.81 bits per heavy atom. The number of benzene rings is 2. The number of halogens is 4. The summed E-state index contributed by atoms with van der Waals surface area (Å²) in [5.74, 6) is -0.215. The average molecular weight is 540 g/mol. The first-order valence-electron chi connectivity index (χ1n) is 8.24. The number of ether oxygens (including phenoxy) is 1. The fraction of sp³-hybridized carbons (Fsp3) is 0.316. The molecule has 4 nitrogen and oxygen atoms in total. The van der Waals surface area contributed by atoms with Crippen molar-refractivity contribution in [2.45, 2.75) is 39.3 Å². The van der Waals surface area contributed by atoms with Crippen molar-refractivity contribution >= 4 is 66.7 Å². The highest BCUT2D eigenvalue weighted by atomic mass is 79.9. The highest BCUT2D eigenvalue weighted by molar-refractivity contribution is 9.11. The molecule has 0 aliphatic heterocycles. The minimum absolute atomic E-state index is 0.0723. The van der Waals surface area contributed by atoms with E-state index in [1.54, 1.807) is 12.1 Å². The maximum atomic E-state index is 10.7. The van der Waals surface area contributed by atoms with Crippen molar-refractivity contribution in [1.82, 2.24) is 0 Å². The quantitative estimate of drug-likeness (QED) is 0.382. The Labute approximate surface area is 185 Å². The topological polar surface area (TPSA) is 58.6 Å². The highest BCUT2D eigenvalue weighted by Crippen LogP contribution is 2.37. The number of carboxylic acids is 1. The zero-order chi connectivity index (χ0) is 20.1. The van der Waals surface area contributed by atoms with Crippen LogP contribution in [-0.4, -0.2) is 17.1 Å². The molecule has 0 fully saturated rings. The highest BCUT2D eigenvalue weighted by Gasteiger charge is 2.14. The van der Waals surface area contributed by atoms with Crippen molar-refractivity contribution in [2.75, 3.05) is 5.32 Å². The minimum Gasteiger partial charge on any atom is -0.486 e. The molecule has 2 rings (SSSR count). The molecular weight excluding hydrogens is 521 g/mol.